The van der Waals surface area contributed by atoms with Crippen LogP contribution in [0.15, 0.2) is 46.2 Å². The van der Waals surface area contributed by atoms with Crippen LogP contribution in [0.3, 0.4) is 0 Å². The summed E-state index contributed by atoms with van der Waals surface area (Å²) in [4.78, 5) is 25.2. The first-order chi connectivity index (χ1) is 13.6. The third kappa shape index (κ3) is 5.39. The smallest absolute Gasteiger partial charge is 0.225 e. The van der Waals surface area contributed by atoms with Crippen molar-refractivity contribution in [1.82, 2.24) is 0 Å². The lowest BCUT2D eigenvalue weighted by atomic mass is 10.1. The molecule has 0 bridgehead atoms. The Balaban J connectivity index is 1.70. The van der Waals surface area contributed by atoms with Crippen LogP contribution in [0.1, 0.15) is 30.9 Å². The molecule has 154 valence electrons. The van der Waals surface area contributed by atoms with Gasteiger partial charge in [-0.15, -0.1) is 11.8 Å². The first kappa shape index (κ1) is 21.4. The highest BCUT2D eigenvalue weighted by Crippen LogP contribution is 2.36. The summed E-state index contributed by atoms with van der Waals surface area (Å²) in [5.74, 6) is -0.791. The van der Waals surface area contributed by atoms with Crippen LogP contribution >= 0.6 is 11.8 Å². The van der Waals surface area contributed by atoms with E-state index < -0.39 is 9.84 Å². The number of anilines is 2. The van der Waals surface area contributed by atoms with Gasteiger partial charge in [-0.3, -0.25) is 9.59 Å². The molecule has 6 nitrogen and oxygen atoms in total. The lowest BCUT2D eigenvalue weighted by Crippen LogP contribution is -2.18. The van der Waals surface area contributed by atoms with Crippen LogP contribution in [-0.4, -0.2) is 31.2 Å². The molecule has 0 aliphatic carbocycles. The number of sulfone groups is 1. The second-order valence-electron chi connectivity index (χ2n) is 7.27. The summed E-state index contributed by atoms with van der Waals surface area (Å²) in [6.07, 6.45) is 0.227. The topological polar surface area (TPSA) is 92.3 Å². The Hall–Kier alpha value is -2.32. The molecule has 1 atom stereocenters. The van der Waals surface area contributed by atoms with Crippen LogP contribution in [0.25, 0.3) is 0 Å². The largest absolute Gasteiger partial charge is 0.326 e. The fourth-order valence-corrected chi connectivity index (χ4v) is 5.37. The van der Waals surface area contributed by atoms with Crippen LogP contribution in [0, 0.1) is 13.8 Å². The minimum atomic E-state index is -3.66. The van der Waals surface area contributed by atoms with Crippen LogP contribution in [0.4, 0.5) is 11.4 Å². The van der Waals surface area contributed by atoms with E-state index in [0.29, 0.717) is 17.8 Å². The number of carbonyl (C=O) groups is 2. The molecular weight excluding hydrogens is 408 g/mol. The van der Waals surface area contributed by atoms with E-state index in [0.717, 1.165) is 16.0 Å². The Morgan fingerprint density at radius 2 is 1.97 bits per heavy atom. The van der Waals surface area contributed by atoms with Gasteiger partial charge in [0.1, 0.15) is 0 Å². The van der Waals surface area contributed by atoms with Crippen molar-refractivity contribution in [3.8, 4) is 0 Å². The standard InChI is InChI=1S/C21H24N2O4S2/c1-13-4-5-14(2)17(10-13)22-20(24)8-9-29(26,27)16-6-7-19-18(12-16)23-21(25)11-15(3)28-19/h4-7,10,12,15H,8-9,11H2,1-3H3,(H,22,24)(H,23,25). The number of fused-ring (bicyclic) bond motifs is 1. The Morgan fingerprint density at radius 3 is 2.72 bits per heavy atom. The van der Waals surface area contributed by atoms with E-state index in [-0.39, 0.29) is 34.1 Å². The molecule has 0 saturated heterocycles. The summed E-state index contributed by atoms with van der Waals surface area (Å²) in [6, 6.07) is 10.4. The summed E-state index contributed by atoms with van der Waals surface area (Å²) >= 11 is 1.54. The van der Waals surface area contributed by atoms with Gasteiger partial charge in [0.2, 0.25) is 11.8 Å². The number of thioether (sulfide) groups is 1. The molecular formula is C21H24N2O4S2. The van der Waals surface area contributed by atoms with Crippen molar-refractivity contribution < 1.29 is 18.0 Å². The van der Waals surface area contributed by atoms with E-state index in [1.807, 2.05) is 39.0 Å². The number of rotatable bonds is 5. The van der Waals surface area contributed by atoms with Gasteiger partial charge in [0.05, 0.1) is 16.3 Å². The van der Waals surface area contributed by atoms with E-state index in [1.165, 1.54) is 23.9 Å². The summed E-state index contributed by atoms with van der Waals surface area (Å²) < 4.78 is 25.5. The van der Waals surface area contributed by atoms with Crippen LogP contribution < -0.4 is 10.6 Å². The highest BCUT2D eigenvalue weighted by Gasteiger charge is 2.23. The predicted molar refractivity (Wildman–Crippen MR) is 116 cm³/mol. The molecule has 3 rings (SSSR count). The monoisotopic (exact) mass is 432 g/mol. The maximum atomic E-state index is 12.7. The average Bonchev–Trinajstić information content (AvgIpc) is 2.78. The predicted octanol–water partition coefficient (Wildman–Crippen LogP) is 3.93. The van der Waals surface area contributed by atoms with Gasteiger partial charge >= 0.3 is 0 Å². The van der Waals surface area contributed by atoms with Gasteiger partial charge in [0, 0.05) is 28.7 Å². The normalized spacial score (nSPS) is 16.5. The number of amides is 2. The van der Waals surface area contributed by atoms with Crippen molar-refractivity contribution in [2.75, 3.05) is 16.4 Å². The van der Waals surface area contributed by atoms with E-state index in [4.69, 9.17) is 0 Å². The Kier molecular flexibility index (Phi) is 6.33. The van der Waals surface area contributed by atoms with E-state index in [1.54, 1.807) is 6.07 Å². The molecule has 1 heterocycles. The molecule has 1 aliphatic rings. The van der Waals surface area contributed by atoms with Gasteiger partial charge in [-0.05, 0) is 49.2 Å². The number of hydrogen-bond acceptors (Lipinski definition) is 5. The minimum absolute atomic E-state index is 0.103. The fourth-order valence-electron chi connectivity index (χ4n) is 3.05. The quantitative estimate of drug-likeness (QED) is 0.747. The summed E-state index contributed by atoms with van der Waals surface area (Å²) in [5.41, 5.74) is 3.12. The van der Waals surface area contributed by atoms with Crippen molar-refractivity contribution in [1.29, 1.82) is 0 Å². The molecule has 0 fully saturated rings. The Morgan fingerprint density at radius 1 is 1.21 bits per heavy atom. The average molecular weight is 433 g/mol. The van der Waals surface area contributed by atoms with E-state index in [2.05, 4.69) is 10.6 Å². The zero-order valence-electron chi connectivity index (χ0n) is 16.6. The van der Waals surface area contributed by atoms with Crippen molar-refractivity contribution in [3.63, 3.8) is 0 Å². The van der Waals surface area contributed by atoms with Gasteiger partial charge in [-0.1, -0.05) is 19.1 Å². The SMILES string of the molecule is Cc1ccc(C)c(NC(=O)CCS(=O)(=O)c2ccc3c(c2)NC(=O)CC(C)S3)c1. The number of nitrogens with one attached hydrogen (secondary N) is 2. The second kappa shape index (κ2) is 8.59. The van der Waals surface area contributed by atoms with Gasteiger partial charge in [-0.2, -0.15) is 0 Å². The van der Waals surface area contributed by atoms with E-state index in [9.17, 15) is 18.0 Å². The third-order valence-corrected chi connectivity index (χ3v) is 7.54. The fraction of sp³-hybridized carbons (Fsp3) is 0.333. The number of hydrogen-bond donors (Lipinski definition) is 2. The van der Waals surface area contributed by atoms with Crippen molar-refractivity contribution in [2.24, 2.45) is 0 Å². The molecule has 1 unspecified atom stereocenters. The van der Waals surface area contributed by atoms with Crippen LogP contribution in [0.2, 0.25) is 0 Å². The van der Waals surface area contributed by atoms with Gasteiger partial charge in [-0.25, -0.2) is 8.42 Å². The van der Waals surface area contributed by atoms with Gasteiger partial charge in [0.15, 0.2) is 9.84 Å². The molecule has 29 heavy (non-hydrogen) atoms. The summed E-state index contributed by atoms with van der Waals surface area (Å²) in [5, 5.41) is 5.67. The summed E-state index contributed by atoms with van der Waals surface area (Å²) in [6.45, 7) is 5.77. The molecule has 0 saturated carbocycles. The first-order valence-corrected chi connectivity index (χ1v) is 11.9. The molecule has 8 heteroatoms. The lowest BCUT2D eigenvalue weighted by Gasteiger charge is -2.11. The Bertz CT molecular complexity index is 1060. The molecule has 2 aromatic rings. The maximum Gasteiger partial charge on any atom is 0.225 e. The van der Waals surface area contributed by atoms with Crippen LogP contribution in [0.5, 0.6) is 0 Å². The van der Waals surface area contributed by atoms with Crippen molar-refractivity contribution in [2.45, 2.75) is 48.7 Å². The molecule has 1 aliphatic heterocycles. The maximum absolute atomic E-state index is 12.7. The first-order valence-electron chi connectivity index (χ1n) is 9.34. The number of carbonyl (C=O) groups excluding carboxylic acids is 2. The molecule has 2 amide bonds. The molecule has 0 radical (unpaired) electrons. The highest BCUT2D eigenvalue weighted by atomic mass is 32.2. The van der Waals surface area contributed by atoms with Crippen molar-refractivity contribution in [3.05, 3.63) is 47.5 Å². The second-order valence-corrected chi connectivity index (χ2v) is 10.9. The molecule has 0 aromatic heterocycles. The zero-order chi connectivity index (χ0) is 21.2. The minimum Gasteiger partial charge on any atom is -0.326 e. The molecule has 2 aromatic carbocycles. The number of aryl methyl sites for hydroxylation is 2. The summed E-state index contributed by atoms with van der Waals surface area (Å²) in [7, 11) is -3.66. The van der Waals surface area contributed by atoms with Crippen LogP contribution in [-0.2, 0) is 19.4 Å². The number of benzene rings is 2. The molecule has 2 N–H and O–H groups in total. The van der Waals surface area contributed by atoms with Gasteiger partial charge in [0.25, 0.3) is 0 Å². The van der Waals surface area contributed by atoms with E-state index >= 15 is 0 Å². The molecule has 0 spiro atoms. The van der Waals surface area contributed by atoms with Gasteiger partial charge < -0.3 is 10.6 Å². The highest BCUT2D eigenvalue weighted by molar-refractivity contribution is 8.00. The Labute approximate surface area is 175 Å². The van der Waals surface area contributed by atoms with Crippen molar-refractivity contribution >= 4 is 44.8 Å². The lowest BCUT2D eigenvalue weighted by molar-refractivity contribution is -0.116. The third-order valence-electron chi connectivity index (χ3n) is 4.65. The zero-order valence-corrected chi connectivity index (χ0v) is 18.2.